The second-order valence-electron chi connectivity index (χ2n) is 7.02. The third-order valence-corrected chi connectivity index (χ3v) is 7.27. The lowest BCUT2D eigenvalue weighted by Crippen LogP contribution is -2.16. The number of phenolic OH excluding ortho intramolecular Hbond substituents is 1. The van der Waals surface area contributed by atoms with Crippen LogP contribution in [0.15, 0.2) is 76.7 Å². The number of hydrogen-bond donors (Lipinski definition) is 2. The van der Waals surface area contributed by atoms with E-state index in [2.05, 4.69) is 9.71 Å². The highest BCUT2D eigenvalue weighted by Crippen LogP contribution is 2.44. The van der Waals surface area contributed by atoms with Crippen molar-refractivity contribution in [1.82, 2.24) is 4.98 Å². The van der Waals surface area contributed by atoms with Crippen molar-refractivity contribution in [2.45, 2.75) is 29.6 Å². The van der Waals surface area contributed by atoms with Crippen molar-refractivity contribution in [2.75, 3.05) is 10.5 Å². The van der Waals surface area contributed by atoms with Crippen LogP contribution >= 0.6 is 11.8 Å². The molecule has 0 aliphatic rings. The number of nitrogens with one attached hydrogen (secondary N) is 1. The molecule has 0 aliphatic heterocycles. The number of pyridine rings is 1. The number of aromatic hydroxyl groups is 1. The lowest BCUT2D eigenvalue weighted by molar-refractivity contribution is 0.469. The summed E-state index contributed by atoms with van der Waals surface area (Å²) in [6.45, 7) is 1.96. The van der Waals surface area contributed by atoms with Gasteiger partial charge in [0.25, 0.3) is 0 Å². The summed E-state index contributed by atoms with van der Waals surface area (Å²) >= 11 is 1.37. The third kappa shape index (κ3) is 4.22. The summed E-state index contributed by atoms with van der Waals surface area (Å²) in [5, 5.41) is 13.2. The van der Waals surface area contributed by atoms with Gasteiger partial charge in [-0.25, -0.2) is 8.42 Å². The van der Waals surface area contributed by atoms with Gasteiger partial charge in [-0.3, -0.25) is 9.71 Å². The molecule has 0 fully saturated rings. The molecule has 0 unspecified atom stereocenters. The number of phenols is 1. The molecular formula is C23H22N2O3S2. The zero-order chi connectivity index (χ0) is 21.1. The summed E-state index contributed by atoms with van der Waals surface area (Å²) < 4.78 is 27.8. The summed E-state index contributed by atoms with van der Waals surface area (Å²) in [6, 6.07) is 18.7. The molecule has 1 heterocycles. The molecule has 1 aromatic heterocycles. The predicted octanol–water partition coefficient (Wildman–Crippen LogP) is 5.79. The van der Waals surface area contributed by atoms with Crippen LogP contribution in [0.4, 0.5) is 5.69 Å². The molecule has 154 valence electrons. The summed E-state index contributed by atoms with van der Waals surface area (Å²) in [5.74, 6) is 0.189. The highest BCUT2D eigenvalue weighted by atomic mass is 32.2. The Morgan fingerprint density at radius 3 is 2.57 bits per heavy atom. The highest BCUT2D eigenvalue weighted by molar-refractivity contribution is 7.99. The molecular weight excluding hydrogens is 416 g/mol. The van der Waals surface area contributed by atoms with E-state index in [1.54, 1.807) is 24.4 Å². The maximum atomic E-state index is 12.5. The fourth-order valence-corrected chi connectivity index (χ4v) is 5.64. The van der Waals surface area contributed by atoms with E-state index >= 15 is 0 Å². The van der Waals surface area contributed by atoms with Gasteiger partial charge in [-0.2, -0.15) is 0 Å². The zero-order valence-electron chi connectivity index (χ0n) is 16.5. The van der Waals surface area contributed by atoms with Crippen molar-refractivity contribution in [3.63, 3.8) is 0 Å². The van der Waals surface area contributed by atoms with Crippen LogP contribution in [0, 0.1) is 0 Å². The van der Waals surface area contributed by atoms with Crippen LogP contribution in [-0.2, 0) is 10.0 Å². The van der Waals surface area contributed by atoms with Crippen LogP contribution < -0.4 is 4.72 Å². The number of sulfonamides is 1. The number of benzene rings is 3. The van der Waals surface area contributed by atoms with E-state index in [9.17, 15) is 13.5 Å². The SMILES string of the molecule is CCCCS(=O)(=O)Nc1cc(Sc2cccc3cccnc23)c(O)c2ccccc12. The zero-order valence-corrected chi connectivity index (χ0v) is 18.1. The molecule has 7 heteroatoms. The molecule has 0 radical (unpaired) electrons. The monoisotopic (exact) mass is 438 g/mol. The van der Waals surface area contributed by atoms with Gasteiger partial charge < -0.3 is 5.11 Å². The molecule has 2 N–H and O–H groups in total. The van der Waals surface area contributed by atoms with Crippen LogP contribution in [0.3, 0.4) is 0 Å². The second kappa shape index (κ2) is 8.53. The maximum Gasteiger partial charge on any atom is 0.232 e. The van der Waals surface area contributed by atoms with Crippen LogP contribution in [0.5, 0.6) is 5.75 Å². The molecule has 0 atom stereocenters. The third-order valence-electron chi connectivity index (χ3n) is 4.83. The van der Waals surface area contributed by atoms with E-state index in [0.29, 0.717) is 27.8 Å². The molecule has 3 aromatic carbocycles. The second-order valence-corrected chi connectivity index (χ2v) is 9.95. The average Bonchev–Trinajstić information content (AvgIpc) is 2.76. The molecule has 4 aromatic rings. The minimum atomic E-state index is -3.48. The van der Waals surface area contributed by atoms with Gasteiger partial charge in [0.05, 0.1) is 21.9 Å². The van der Waals surface area contributed by atoms with Gasteiger partial charge in [-0.05, 0) is 24.6 Å². The van der Waals surface area contributed by atoms with E-state index in [1.807, 2.05) is 49.4 Å². The average molecular weight is 439 g/mol. The van der Waals surface area contributed by atoms with Crippen molar-refractivity contribution in [3.8, 4) is 5.75 Å². The topological polar surface area (TPSA) is 79.3 Å². The molecule has 0 bridgehead atoms. The Kier molecular flexibility index (Phi) is 5.83. The summed E-state index contributed by atoms with van der Waals surface area (Å²) in [7, 11) is -3.48. The van der Waals surface area contributed by atoms with Crippen LogP contribution in [0.25, 0.3) is 21.7 Å². The lowest BCUT2D eigenvalue weighted by Gasteiger charge is -2.15. The van der Waals surface area contributed by atoms with E-state index in [4.69, 9.17) is 0 Å². The normalized spacial score (nSPS) is 11.8. The Labute approximate surface area is 180 Å². The minimum Gasteiger partial charge on any atom is -0.506 e. The van der Waals surface area contributed by atoms with Gasteiger partial charge in [0.2, 0.25) is 10.0 Å². The summed E-state index contributed by atoms with van der Waals surface area (Å²) in [4.78, 5) is 5.93. The van der Waals surface area contributed by atoms with E-state index in [1.165, 1.54) is 11.8 Å². The maximum absolute atomic E-state index is 12.5. The van der Waals surface area contributed by atoms with Crippen LogP contribution in [-0.4, -0.2) is 24.3 Å². The summed E-state index contributed by atoms with van der Waals surface area (Å²) in [5.41, 5.74) is 1.30. The first kappa shape index (κ1) is 20.5. The Hall–Kier alpha value is -2.77. The number of hydrogen-bond acceptors (Lipinski definition) is 5. The van der Waals surface area contributed by atoms with Gasteiger partial charge in [0.15, 0.2) is 0 Å². The van der Waals surface area contributed by atoms with Crippen molar-refractivity contribution in [1.29, 1.82) is 0 Å². The van der Waals surface area contributed by atoms with E-state index in [0.717, 1.165) is 22.2 Å². The molecule has 0 saturated carbocycles. The lowest BCUT2D eigenvalue weighted by atomic mass is 10.1. The molecule has 5 nitrogen and oxygen atoms in total. The van der Waals surface area contributed by atoms with Gasteiger partial charge in [0.1, 0.15) is 5.75 Å². The Morgan fingerprint density at radius 1 is 1.00 bits per heavy atom. The van der Waals surface area contributed by atoms with Crippen LogP contribution in [0.1, 0.15) is 19.8 Å². The van der Waals surface area contributed by atoms with E-state index in [-0.39, 0.29) is 11.5 Å². The van der Waals surface area contributed by atoms with Crippen molar-refractivity contribution < 1.29 is 13.5 Å². The number of para-hydroxylation sites is 1. The smallest absolute Gasteiger partial charge is 0.232 e. The molecule has 0 amide bonds. The molecule has 4 rings (SSSR count). The van der Waals surface area contributed by atoms with Crippen molar-refractivity contribution >= 4 is 49.1 Å². The minimum absolute atomic E-state index is 0.0639. The van der Waals surface area contributed by atoms with Crippen molar-refractivity contribution in [2.24, 2.45) is 0 Å². The molecule has 30 heavy (non-hydrogen) atoms. The first-order valence-electron chi connectivity index (χ1n) is 9.75. The van der Waals surface area contributed by atoms with Gasteiger partial charge in [-0.15, -0.1) is 0 Å². The Bertz CT molecular complexity index is 1320. The number of nitrogens with zero attached hydrogens (tertiary/aromatic N) is 1. The Balaban J connectivity index is 1.81. The largest absolute Gasteiger partial charge is 0.506 e. The first-order valence-corrected chi connectivity index (χ1v) is 12.2. The fraction of sp³-hybridized carbons (Fsp3) is 0.174. The number of aromatic nitrogens is 1. The summed E-state index contributed by atoms with van der Waals surface area (Å²) in [6.07, 6.45) is 3.13. The molecule has 0 aliphatic carbocycles. The first-order chi connectivity index (χ1) is 14.5. The number of fused-ring (bicyclic) bond motifs is 2. The molecule has 0 saturated heterocycles. The standard InChI is InChI=1S/C23H22N2O3S2/c1-2-3-14-30(27,28)25-19-15-21(23(26)18-11-5-4-10-17(18)19)29-20-12-6-8-16-9-7-13-24-22(16)20/h4-13,15,25-26H,2-3,14H2,1H3. The van der Waals surface area contributed by atoms with Gasteiger partial charge in [0, 0.05) is 27.3 Å². The number of anilines is 1. The number of unbranched alkanes of at least 4 members (excludes halogenated alkanes) is 1. The predicted molar refractivity (Wildman–Crippen MR) is 124 cm³/mol. The fourth-order valence-electron chi connectivity index (χ4n) is 3.33. The number of rotatable bonds is 7. The van der Waals surface area contributed by atoms with Crippen LogP contribution in [0.2, 0.25) is 0 Å². The van der Waals surface area contributed by atoms with Gasteiger partial charge in [-0.1, -0.05) is 67.6 Å². The highest BCUT2D eigenvalue weighted by Gasteiger charge is 2.17. The quantitative estimate of drug-likeness (QED) is 0.357. The van der Waals surface area contributed by atoms with Crippen molar-refractivity contribution in [3.05, 3.63) is 66.9 Å². The van der Waals surface area contributed by atoms with E-state index < -0.39 is 10.0 Å². The van der Waals surface area contributed by atoms with Gasteiger partial charge >= 0.3 is 0 Å². The Morgan fingerprint density at radius 2 is 1.77 bits per heavy atom. The molecule has 0 spiro atoms.